The Bertz CT molecular complexity index is 789. The van der Waals surface area contributed by atoms with Crippen molar-refractivity contribution in [1.82, 2.24) is 14.6 Å². The number of fused-ring (bicyclic) bond motifs is 1. The predicted octanol–water partition coefficient (Wildman–Crippen LogP) is 2.37. The Hall–Kier alpha value is -1.02. The van der Waals surface area contributed by atoms with Crippen molar-refractivity contribution in [3.63, 3.8) is 0 Å². The first-order valence-corrected chi connectivity index (χ1v) is 9.50. The molecule has 3 rings (SSSR count). The maximum absolute atomic E-state index is 13.2. The van der Waals surface area contributed by atoms with Gasteiger partial charge in [0.05, 0.1) is 4.90 Å². The molecule has 0 radical (unpaired) electrons. The van der Waals surface area contributed by atoms with Crippen molar-refractivity contribution in [2.45, 2.75) is 24.3 Å². The molecule has 22 heavy (non-hydrogen) atoms. The number of nitrogens with zero attached hydrogens (tertiary/aromatic N) is 2. The Morgan fingerprint density at radius 2 is 2.18 bits per heavy atom. The van der Waals surface area contributed by atoms with Crippen LogP contribution in [0.1, 0.15) is 13.3 Å². The van der Waals surface area contributed by atoms with E-state index in [0.29, 0.717) is 27.8 Å². The first-order chi connectivity index (χ1) is 10.5. The van der Waals surface area contributed by atoms with Gasteiger partial charge < -0.3 is 5.32 Å². The number of rotatable bonds is 2. The molecule has 1 aromatic heterocycles. The van der Waals surface area contributed by atoms with E-state index in [1.165, 1.54) is 0 Å². The summed E-state index contributed by atoms with van der Waals surface area (Å²) in [5, 5.41) is 4.79. The van der Waals surface area contributed by atoms with E-state index in [2.05, 4.69) is 26.2 Å². The Morgan fingerprint density at radius 3 is 3.00 bits per heavy atom. The molecule has 1 N–H and O–H groups in total. The lowest BCUT2D eigenvalue weighted by Crippen LogP contribution is -2.41. The fourth-order valence-corrected chi connectivity index (χ4v) is 5.45. The summed E-state index contributed by atoms with van der Waals surface area (Å²) < 4.78 is 28.7. The standard InChI is InChI=1S/C15H18BrN3O2S/c1-11-8-17-6-3-7-19(11)22(20,21)14-5-2-4-12-9-18-10-13(16)15(12)14/h2,4-5,9-11,17H,3,6-8H2,1H3/t11-/m0/s1. The van der Waals surface area contributed by atoms with E-state index in [0.717, 1.165) is 18.4 Å². The lowest BCUT2D eigenvalue weighted by molar-refractivity contribution is 0.354. The summed E-state index contributed by atoms with van der Waals surface area (Å²) >= 11 is 3.44. The van der Waals surface area contributed by atoms with Crippen LogP contribution in [0.5, 0.6) is 0 Å². The van der Waals surface area contributed by atoms with E-state index in [1.807, 2.05) is 13.0 Å². The molecule has 0 spiro atoms. The molecule has 0 aliphatic carbocycles. The second kappa shape index (κ2) is 6.23. The van der Waals surface area contributed by atoms with Gasteiger partial charge in [-0.25, -0.2) is 8.42 Å². The van der Waals surface area contributed by atoms with E-state index in [9.17, 15) is 8.42 Å². The number of hydrogen-bond donors (Lipinski definition) is 1. The van der Waals surface area contributed by atoms with E-state index in [4.69, 9.17) is 0 Å². The van der Waals surface area contributed by atoms with Crippen molar-refractivity contribution in [1.29, 1.82) is 0 Å². The van der Waals surface area contributed by atoms with Gasteiger partial charge in [0.2, 0.25) is 10.0 Å². The normalized spacial score (nSPS) is 20.9. The smallest absolute Gasteiger partial charge is 0.244 e. The summed E-state index contributed by atoms with van der Waals surface area (Å²) in [4.78, 5) is 4.45. The number of sulfonamides is 1. The summed E-state index contributed by atoms with van der Waals surface area (Å²) in [7, 11) is -3.55. The fraction of sp³-hybridized carbons (Fsp3) is 0.400. The summed E-state index contributed by atoms with van der Waals surface area (Å²) in [6, 6.07) is 5.25. The van der Waals surface area contributed by atoms with Gasteiger partial charge in [-0.3, -0.25) is 4.98 Å². The predicted molar refractivity (Wildman–Crippen MR) is 90.3 cm³/mol. The minimum Gasteiger partial charge on any atom is -0.315 e. The molecule has 2 aromatic rings. The fourth-order valence-electron chi connectivity index (χ4n) is 2.85. The highest BCUT2D eigenvalue weighted by molar-refractivity contribution is 9.10. The molecule has 0 saturated carbocycles. The van der Waals surface area contributed by atoms with Crippen molar-refractivity contribution in [3.8, 4) is 0 Å². The molecule has 1 aliphatic heterocycles. The second-order valence-corrected chi connectivity index (χ2v) is 8.21. The molecule has 1 aliphatic rings. The van der Waals surface area contributed by atoms with Crippen LogP contribution in [0.15, 0.2) is 40.0 Å². The van der Waals surface area contributed by atoms with Crippen molar-refractivity contribution >= 4 is 36.7 Å². The van der Waals surface area contributed by atoms with Crippen LogP contribution in [0.4, 0.5) is 0 Å². The van der Waals surface area contributed by atoms with Crippen LogP contribution in [0.2, 0.25) is 0 Å². The third-order valence-corrected chi connectivity index (χ3v) is 6.61. The van der Waals surface area contributed by atoms with Crippen molar-refractivity contribution in [2.24, 2.45) is 0 Å². The van der Waals surface area contributed by atoms with Crippen LogP contribution in [-0.2, 0) is 10.0 Å². The first kappa shape index (κ1) is 15.9. The zero-order valence-electron chi connectivity index (χ0n) is 12.3. The van der Waals surface area contributed by atoms with E-state index < -0.39 is 10.0 Å². The van der Waals surface area contributed by atoms with Crippen LogP contribution in [0.25, 0.3) is 10.8 Å². The summed E-state index contributed by atoms with van der Waals surface area (Å²) in [5.41, 5.74) is 0. The molecule has 2 heterocycles. The molecule has 1 fully saturated rings. The Labute approximate surface area is 138 Å². The molecule has 1 aromatic carbocycles. The molecule has 118 valence electrons. The van der Waals surface area contributed by atoms with Gasteiger partial charge >= 0.3 is 0 Å². The molecule has 1 atom stereocenters. The second-order valence-electron chi connectivity index (χ2n) is 5.50. The van der Waals surface area contributed by atoms with Gasteiger partial charge in [-0.1, -0.05) is 12.1 Å². The zero-order valence-corrected chi connectivity index (χ0v) is 14.7. The molecule has 1 saturated heterocycles. The van der Waals surface area contributed by atoms with Gasteiger partial charge in [0.25, 0.3) is 0 Å². The molecule has 0 bridgehead atoms. The van der Waals surface area contributed by atoms with E-state index in [-0.39, 0.29) is 6.04 Å². The monoisotopic (exact) mass is 383 g/mol. The number of nitrogens with one attached hydrogen (secondary N) is 1. The Balaban J connectivity index is 2.17. The summed E-state index contributed by atoms with van der Waals surface area (Å²) in [6.45, 7) is 4.00. The van der Waals surface area contributed by atoms with Gasteiger partial charge in [-0.2, -0.15) is 4.31 Å². The van der Waals surface area contributed by atoms with Crippen LogP contribution in [0.3, 0.4) is 0 Å². The van der Waals surface area contributed by atoms with Gasteiger partial charge in [0.1, 0.15) is 0 Å². The topological polar surface area (TPSA) is 62.3 Å². The average Bonchev–Trinajstić information content (AvgIpc) is 2.72. The van der Waals surface area contributed by atoms with Gasteiger partial charge in [-0.15, -0.1) is 0 Å². The minimum absolute atomic E-state index is 0.0663. The zero-order chi connectivity index (χ0) is 15.7. The Morgan fingerprint density at radius 1 is 1.36 bits per heavy atom. The van der Waals surface area contributed by atoms with E-state index in [1.54, 1.807) is 28.8 Å². The van der Waals surface area contributed by atoms with Crippen molar-refractivity contribution in [3.05, 3.63) is 35.1 Å². The summed E-state index contributed by atoms with van der Waals surface area (Å²) in [6.07, 6.45) is 4.14. The highest BCUT2D eigenvalue weighted by Gasteiger charge is 2.31. The van der Waals surface area contributed by atoms with Crippen LogP contribution < -0.4 is 5.32 Å². The molecule has 7 heteroatoms. The quantitative estimate of drug-likeness (QED) is 0.864. The molecule has 0 amide bonds. The largest absolute Gasteiger partial charge is 0.315 e. The number of pyridine rings is 1. The molecular formula is C15H18BrN3O2S. The minimum atomic E-state index is -3.55. The van der Waals surface area contributed by atoms with Gasteiger partial charge in [0, 0.05) is 46.8 Å². The lowest BCUT2D eigenvalue weighted by atomic mass is 10.2. The number of benzene rings is 1. The van der Waals surface area contributed by atoms with Gasteiger partial charge in [-0.05, 0) is 41.9 Å². The SMILES string of the molecule is C[C@H]1CNCCCN1S(=O)(=O)c1cccc2cncc(Br)c12. The number of hydrogen-bond acceptors (Lipinski definition) is 4. The maximum Gasteiger partial charge on any atom is 0.244 e. The maximum atomic E-state index is 13.2. The number of aromatic nitrogens is 1. The average molecular weight is 384 g/mol. The van der Waals surface area contributed by atoms with Crippen molar-refractivity contribution in [2.75, 3.05) is 19.6 Å². The molecular weight excluding hydrogens is 366 g/mol. The summed E-state index contributed by atoms with van der Waals surface area (Å²) in [5.74, 6) is 0. The first-order valence-electron chi connectivity index (χ1n) is 7.26. The lowest BCUT2D eigenvalue weighted by Gasteiger charge is -2.26. The molecule has 0 unspecified atom stereocenters. The Kier molecular flexibility index (Phi) is 4.49. The highest BCUT2D eigenvalue weighted by atomic mass is 79.9. The third-order valence-electron chi connectivity index (χ3n) is 3.95. The third kappa shape index (κ3) is 2.78. The number of halogens is 1. The van der Waals surface area contributed by atoms with Crippen LogP contribution >= 0.6 is 15.9 Å². The highest BCUT2D eigenvalue weighted by Crippen LogP contribution is 2.31. The van der Waals surface area contributed by atoms with Crippen LogP contribution in [-0.4, -0.2) is 43.4 Å². The van der Waals surface area contributed by atoms with Gasteiger partial charge in [0.15, 0.2) is 0 Å². The van der Waals surface area contributed by atoms with Crippen molar-refractivity contribution < 1.29 is 8.42 Å². The van der Waals surface area contributed by atoms with Crippen LogP contribution in [0, 0.1) is 0 Å². The molecule has 5 nitrogen and oxygen atoms in total. The van der Waals surface area contributed by atoms with E-state index >= 15 is 0 Å².